The summed E-state index contributed by atoms with van der Waals surface area (Å²) in [6.07, 6.45) is 1.75. The summed E-state index contributed by atoms with van der Waals surface area (Å²) in [4.78, 5) is 25.1. The zero-order valence-electron chi connectivity index (χ0n) is 12.2. The predicted molar refractivity (Wildman–Crippen MR) is 77.9 cm³/mol. The van der Waals surface area contributed by atoms with E-state index in [0.29, 0.717) is 32.4 Å². The highest BCUT2D eigenvalue weighted by molar-refractivity contribution is 5.76. The molecule has 1 fully saturated rings. The first-order valence-electron chi connectivity index (χ1n) is 7.20. The number of carbonyl (C=O) groups is 2. The number of rotatable bonds is 5. The standard InChI is InChI=1S/C16H21NO4/c1-21-16(20)14(11-12-5-3-2-4-6-12)17-9-7-13(8-10-17)15(18)19/h2-6,13-14H,7-11H2,1H3,(H,18,19). The van der Waals surface area contributed by atoms with Crippen LogP contribution in [-0.4, -0.2) is 48.2 Å². The Morgan fingerprint density at radius 1 is 1.29 bits per heavy atom. The van der Waals surface area contributed by atoms with Gasteiger partial charge in [0.2, 0.25) is 0 Å². The van der Waals surface area contributed by atoms with E-state index in [2.05, 4.69) is 0 Å². The van der Waals surface area contributed by atoms with Gasteiger partial charge in [0.25, 0.3) is 0 Å². The number of benzene rings is 1. The van der Waals surface area contributed by atoms with E-state index in [1.165, 1.54) is 7.11 Å². The SMILES string of the molecule is COC(=O)C(Cc1ccccc1)N1CCC(C(=O)O)CC1. The van der Waals surface area contributed by atoms with Gasteiger partial charge in [-0.3, -0.25) is 14.5 Å². The number of hydrogen-bond donors (Lipinski definition) is 1. The third-order valence-electron chi connectivity index (χ3n) is 4.06. The third-order valence-corrected chi connectivity index (χ3v) is 4.06. The molecule has 0 aliphatic carbocycles. The van der Waals surface area contributed by atoms with E-state index in [4.69, 9.17) is 9.84 Å². The van der Waals surface area contributed by atoms with Gasteiger partial charge >= 0.3 is 11.9 Å². The second-order valence-electron chi connectivity index (χ2n) is 5.38. The van der Waals surface area contributed by atoms with E-state index >= 15 is 0 Å². The van der Waals surface area contributed by atoms with E-state index in [1.807, 2.05) is 35.2 Å². The van der Waals surface area contributed by atoms with Crippen LogP contribution in [-0.2, 0) is 20.7 Å². The predicted octanol–water partition coefficient (Wildman–Crippen LogP) is 1.57. The lowest BCUT2D eigenvalue weighted by Gasteiger charge is -2.35. The lowest BCUT2D eigenvalue weighted by Crippen LogP contribution is -2.48. The Hall–Kier alpha value is -1.88. The van der Waals surface area contributed by atoms with Crippen LogP contribution in [0.25, 0.3) is 0 Å². The number of hydrogen-bond acceptors (Lipinski definition) is 4. The molecule has 1 saturated heterocycles. The van der Waals surface area contributed by atoms with Crippen molar-refractivity contribution >= 4 is 11.9 Å². The maximum Gasteiger partial charge on any atom is 0.323 e. The minimum Gasteiger partial charge on any atom is -0.481 e. The summed E-state index contributed by atoms with van der Waals surface area (Å²) in [6.45, 7) is 1.23. The van der Waals surface area contributed by atoms with E-state index in [-0.39, 0.29) is 17.9 Å². The van der Waals surface area contributed by atoms with Crippen LogP contribution in [0.3, 0.4) is 0 Å². The van der Waals surface area contributed by atoms with Gasteiger partial charge in [-0.2, -0.15) is 0 Å². The van der Waals surface area contributed by atoms with Crippen molar-refractivity contribution in [3.63, 3.8) is 0 Å². The molecule has 0 amide bonds. The van der Waals surface area contributed by atoms with E-state index in [0.717, 1.165) is 5.56 Å². The second kappa shape index (κ2) is 7.22. The molecule has 0 radical (unpaired) electrons. The van der Waals surface area contributed by atoms with Crippen LogP contribution >= 0.6 is 0 Å². The molecule has 114 valence electrons. The zero-order chi connectivity index (χ0) is 15.2. The van der Waals surface area contributed by atoms with Gasteiger partial charge in [0, 0.05) is 0 Å². The maximum absolute atomic E-state index is 12.1. The largest absolute Gasteiger partial charge is 0.481 e. The van der Waals surface area contributed by atoms with Crippen LogP contribution in [0.2, 0.25) is 0 Å². The van der Waals surface area contributed by atoms with Crippen LogP contribution in [0.5, 0.6) is 0 Å². The molecule has 1 N–H and O–H groups in total. The smallest absolute Gasteiger partial charge is 0.323 e. The monoisotopic (exact) mass is 291 g/mol. The summed E-state index contributed by atoms with van der Waals surface area (Å²) in [5, 5.41) is 9.04. The van der Waals surface area contributed by atoms with Gasteiger partial charge in [-0.05, 0) is 37.9 Å². The number of carbonyl (C=O) groups excluding carboxylic acids is 1. The number of esters is 1. The first-order chi connectivity index (χ1) is 10.1. The normalized spacial score (nSPS) is 18.1. The number of likely N-dealkylation sites (tertiary alicyclic amines) is 1. The molecular weight excluding hydrogens is 270 g/mol. The summed E-state index contributed by atoms with van der Waals surface area (Å²) in [5.41, 5.74) is 1.08. The maximum atomic E-state index is 12.1. The minimum atomic E-state index is -0.743. The average Bonchev–Trinajstić information content (AvgIpc) is 2.53. The van der Waals surface area contributed by atoms with Crippen molar-refractivity contribution in [1.29, 1.82) is 0 Å². The molecular formula is C16H21NO4. The topological polar surface area (TPSA) is 66.8 Å². The Balaban J connectivity index is 2.04. The molecule has 1 aliphatic heterocycles. The molecule has 0 bridgehead atoms. The molecule has 1 aromatic rings. The van der Waals surface area contributed by atoms with E-state index < -0.39 is 5.97 Å². The number of ether oxygens (including phenoxy) is 1. The van der Waals surface area contributed by atoms with Crippen LogP contribution in [0, 0.1) is 5.92 Å². The molecule has 2 rings (SSSR count). The van der Waals surface area contributed by atoms with Crippen LogP contribution in [0.4, 0.5) is 0 Å². The van der Waals surface area contributed by atoms with Crippen molar-refractivity contribution in [1.82, 2.24) is 4.90 Å². The summed E-state index contributed by atoms with van der Waals surface area (Å²) < 4.78 is 4.92. The molecule has 1 aliphatic rings. The summed E-state index contributed by atoms with van der Waals surface area (Å²) in [6, 6.07) is 9.46. The Kier molecular flexibility index (Phi) is 5.33. The number of aliphatic carboxylic acids is 1. The Bertz CT molecular complexity index is 480. The van der Waals surface area contributed by atoms with Gasteiger partial charge < -0.3 is 9.84 Å². The van der Waals surface area contributed by atoms with Crippen molar-refractivity contribution in [2.45, 2.75) is 25.3 Å². The second-order valence-corrected chi connectivity index (χ2v) is 5.38. The first kappa shape index (κ1) is 15.5. The summed E-state index contributed by atoms with van der Waals surface area (Å²) in [5.74, 6) is -1.30. The number of carboxylic acid groups (broad SMARTS) is 1. The quantitative estimate of drug-likeness (QED) is 0.834. The lowest BCUT2D eigenvalue weighted by molar-refractivity contribution is -0.148. The highest BCUT2D eigenvalue weighted by atomic mass is 16.5. The molecule has 0 spiro atoms. The lowest BCUT2D eigenvalue weighted by atomic mass is 9.94. The molecule has 5 heteroatoms. The molecule has 1 aromatic carbocycles. The molecule has 0 saturated carbocycles. The Morgan fingerprint density at radius 3 is 2.43 bits per heavy atom. The molecule has 5 nitrogen and oxygen atoms in total. The van der Waals surface area contributed by atoms with Crippen molar-refractivity contribution in [3.8, 4) is 0 Å². The highest BCUT2D eigenvalue weighted by Crippen LogP contribution is 2.21. The van der Waals surface area contributed by atoms with Crippen LogP contribution in [0.1, 0.15) is 18.4 Å². The molecule has 0 aromatic heterocycles. The summed E-state index contributed by atoms with van der Waals surface area (Å²) in [7, 11) is 1.39. The Labute approximate surface area is 124 Å². The average molecular weight is 291 g/mol. The fourth-order valence-electron chi connectivity index (χ4n) is 2.79. The first-order valence-corrected chi connectivity index (χ1v) is 7.20. The van der Waals surface area contributed by atoms with E-state index in [9.17, 15) is 9.59 Å². The van der Waals surface area contributed by atoms with Crippen molar-refractivity contribution in [2.75, 3.05) is 20.2 Å². The molecule has 21 heavy (non-hydrogen) atoms. The van der Waals surface area contributed by atoms with E-state index in [1.54, 1.807) is 0 Å². The van der Waals surface area contributed by atoms with Gasteiger partial charge in [-0.15, -0.1) is 0 Å². The van der Waals surface area contributed by atoms with Crippen LogP contribution < -0.4 is 0 Å². The zero-order valence-corrected chi connectivity index (χ0v) is 12.2. The fraction of sp³-hybridized carbons (Fsp3) is 0.500. The third kappa shape index (κ3) is 4.04. The number of methoxy groups -OCH3 is 1. The number of nitrogens with zero attached hydrogens (tertiary/aromatic N) is 1. The molecule has 1 unspecified atom stereocenters. The summed E-state index contributed by atoms with van der Waals surface area (Å²) >= 11 is 0. The number of piperidine rings is 1. The minimum absolute atomic E-state index is 0.257. The van der Waals surface area contributed by atoms with Gasteiger partial charge in [0.05, 0.1) is 13.0 Å². The molecule has 1 heterocycles. The van der Waals surface area contributed by atoms with Crippen molar-refractivity contribution in [3.05, 3.63) is 35.9 Å². The number of carboxylic acids is 1. The molecule has 1 atom stereocenters. The Morgan fingerprint density at radius 2 is 1.90 bits per heavy atom. The van der Waals surface area contributed by atoms with Crippen molar-refractivity contribution < 1.29 is 19.4 Å². The van der Waals surface area contributed by atoms with Gasteiger partial charge in [-0.1, -0.05) is 30.3 Å². The van der Waals surface area contributed by atoms with Crippen molar-refractivity contribution in [2.24, 2.45) is 5.92 Å². The van der Waals surface area contributed by atoms with Crippen LogP contribution in [0.15, 0.2) is 30.3 Å². The fourth-order valence-corrected chi connectivity index (χ4v) is 2.79. The van der Waals surface area contributed by atoms with Gasteiger partial charge in [0.1, 0.15) is 6.04 Å². The van der Waals surface area contributed by atoms with Gasteiger partial charge in [0.15, 0.2) is 0 Å². The van der Waals surface area contributed by atoms with Gasteiger partial charge in [-0.25, -0.2) is 0 Å². The highest BCUT2D eigenvalue weighted by Gasteiger charge is 2.32.